The normalized spacial score (nSPS) is 15.1. The van der Waals surface area contributed by atoms with Gasteiger partial charge in [-0.2, -0.15) is 0 Å². The number of amidine groups is 1. The van der Waals surface area contributed by atoms with Crippen LogP contribution in [-0.4, -0.2) is 28.4 Å². The van der Waals surface area contributed by atoms with Crippen LogP contribution in [-0.2, 0) is 12.3 Å². The molecule has 0 bridgehead atoms. The first-order chi connectivity index (χ1) is 11.2. The second-order valence-electron chi connectivity index (χ2n) is 5.17. The highest BCUT2D eigenvalue weighted by Gasteiger charge is 2.13. The highest BCUT2D eigenvalue weighted by molar-refractivity contribution is 8.13. The Morgan fingerprint density at radius 1 is 1.17 bits per heavy atom. The van der Waals surface area contributed by atoms with Crippen LogP contribution in [0.3, 0.4) is 0 Å². The quantitative estimate of drug-likeness (QED) is 0.933. The number of halogens is 2. The van der Waals surface area contributed by atoms with Crippen molar-refractivity contribution in [3.05, 3.63) is 65.5 Å². The fourth-order valence-corrected chi connectivity index (χ4v) is 2.98. The van der Waals surface area contributed by atoms with Gasteiger partial charge in [-0.15, -0.1) is 0 Å². The lowest BCUT2D eigenvalue weighted by Gasteiger charge is -2.26. The first-order valence-electron chi connectivity index (χ1n) is 7.17. The number of nitrogens with zero attached hydrogens (tertiary/aromatic N) is 3. The van der Waals surface area contributed by atoms with Crippen molar-refractivity contribution in [1.29, 1.82) is 0 Å². The highest BCUT2D eigenvalue weighted by atomic mass is 32.2. The fraction of sp³-hybridized carbons (Fsp3) is 0.250. The van der Waals surface area contributed by atoms with Gasteiger partial charge in [-0.05, 0) is 29.3 Å². The number of pyridine rings is 1. The molecule has 1 N–H and O–H groups in total. The highest BCUT2D eigenvalue weighted by Crippen LogP contribution is 2.17. The maximum Gasteiger partial charge on any atom is 0.159 e. The molecule has 3 rings (SSSR count). The largest absolute Gasteiger partial charge is 0.352 e. The third-order valence-corrected chi connectivity index (χ3v) is 4.38. The smallest absolute Gasteiger partial charge is 0.159 e. The number of rotatable bonds is 4. The third kappa shape index (κ3) is 4.49. The second-order valence-corrected chi connectivity index (χ2v) is 6.13. The van der Waals surface area contributed by atoms with Crippen LogP contribution in [0.4, 0.5) is 8.78 Å². The zero-order valence-electron chi connectivity index (χ0n) is 12.4. The topological polar surface area (TPSA) is 40.5 Å². The maximum absolute atomic E-state index is 13.2. The fourth-order valence-electron chi connectivity index (χ4n) is 2.18. The Morgan fingerprint density at radius 2 is 2.09 bits per heavy atom. The molecule has 4 nitrogen and oxygen atoms in total. The molecular formula is C16H16F2N4S. The van der Waals surface area contributed by atoms with Crippen LogP contribution in [0.2, 0.25) is 0 Å². The van der Waals surface area contributed by atoms with E-state index in [0.717, 1.165) is 28.9 Å². The number of nitrogens with one attached hydrogen (secondary N) is 1. The van der Waals surface area contributed by atoms with E-state index in [2.05, 4.69) is 20.2 Å². The van der Waals surface area contributed by atoms with E-state index in [1.54, 1.807) is 12.3 Å². The van der Waals surface area contributed by atoms with Crippen molar-refractivity contribution in [1.82, 2.24) is 15.2 Å². The first-order valence-corrected chi connectivity index (χ1v) is 8.15. The van der Waals surface area contributed by atoms with E-state index < -0.39 is 11.6 Å². The molecule has 1 aromatic heterocycles. The number of hydrogen-bond donors (Lipinski definition) is 1. The molecule has 0 saturated carbocycles. The van der Waals surface area contributed by atoms with Crippen molar-refractivity contribution < 1.29 is 8.78 Å². The lowest BCUT2D eigenvalue weighted by molar-refractivity contribution is 0.258. The summed E-state index contributed by atoms with van der Waals surface area (Å²) < 4.78 is 26.0. The molecule has 1 aliphatic heterocycles. The lowest BCUT2D eigenvalue weighted by atomic mass is 10.2. The molecule has 0 atom stereocenters. The summed E-state index contributed by atoms with van der Waals surface area (Å²) in [6, 6.07) is 7.91. The Bertz CT molecular complexity index is 694. The number of aromatic nitrogens is 1. The summed E-state index contributed by atoms with van der Waals surface area (Å²) in [6.45, 7) is 2.08. The van der Waals surface area contributed by atoms with Crippen LogP contribution in [0.25, 0.3) is 0 Å². The van der Waals surface area contributed by atoms with Crippen molar-refractivity contribution in [3.63, 3.8) is 0 Å². The standard InChI is InChI=1S/C16H16F2N4S/c17-14-4-3-12(6-15(14)18)9-23-16-20-10-22(11-21-16)8-13-2-1-5-19-7-13/h1-7H,8-11H2,(H,20,21). The van der Waals surface area contributed by atoms with Crippen LogP contribution in [0.1, 0.15) is 11.1 Å². The Morgan fingerprint density at radius 3 is 2.78 bits per heavy atom. The molecule has 0 unspecified atom stereocenters. The molecule has 23 heavy (non-hydrogen) atoms. The van der Waals surface area contributed by atoms with Crippen LogP contribution in [0.15, 0.2) is 47.7 Å². The minimum absolute atomic E-state index is 0.547. The average molecular weight is 334 g/mol. The summed E-state index contributed by atoms with van der Waals surface area (Å²) in [5.41, 5.74) is 1.87. The van der Waals surface area contributed by atoms with E-state index in [1.165, 1.54) is 17.8 Å². The van der Waals surface area contributed by atoms with Crippen LogP contribution >= 0.6 is 11.8 Å². The zero-order valence-corrected chi connectivity index (χ0v) is 13.2. The first kappa shape index (κ1) is 15.9. The Hall–Kier alpha value is -1.99. The molecule has 1 aliphatic rings. The van der Waals surface area contributed by atoms with Gasteiger partial charge in [0, 0.05) is 24.7 Å². The van der Waals surface area contributed by atoms with Gasteiger partial charge in [-0.1, -0.05) is 23.9 Å². The Labute approximate surface area is 137 Å². The molecule has 0 fully saturated rings. The van der Waals surface area contributed by atoms with E-state index in [0.29, 0.717) is 19.1 Å². The van der Waals surface area contributed by atoms with Gasteiger partial charge < -0.3 is 5.32 Å². The third-order valence-electron chi connectivity index (χ3n) is 3.36. The van der Waals surface area contributed by atoms with Crippen molar-refractivity contribution in [2.24, 2.45) is 4.99 Å². The van der Waals surface area contributed by atoms with Crippen molar-refractivity contribution in [3.8, 4) is 0 Å². The molecule has 1 aromatic carbocycles. The van der Waals surface area contributed by atoms with Crippen molar-refractivity contribution in [2.45, 2.75) is 12.3 Å². The van der Waals surface area contributed by atoms with E-state index in [1.807, 2.05) is 18.3 Å². The molecule has 0 spiro atoms. The Kier molecular flexibility index (Phi) is 5.19. The van der Waals surface area contributed by atoms with Gasteiger partial charge in [0.2, 0.25) is 0 Å². The monoisotopic (exact) mass is 334 g/mol. The summed E-state index contributed by atoms with van der Waals surface area (Å²) in [5.74, 6) is -1.09. The minimum Gasteiger partial charge on any atom is -0.352 e. The molecular weight excluding hydrogens is 318 g/mol. The summed E-state index contributed by atoms with van der Waals surface area (Å²) in [6.07, 6.45) is 3.60. The van der Waals surface area contributed by atoms with Gasteiger partial charge >= 0.3 is 0 Å². The molecule has 0 aliphatic carbocycles. The van der Waals surface area contributed by atoms with Crippen LogP contribution in [0, 0.1) is 11.6 Å². The van der Waals surface area contributed by atoms with Gasteiger partial charge in [0.15, 0.2) is 16.8 Å². The summed E-state index contributed by atoms with van der Waals surface area (Å²) >= 11 is 1.48. The Balaban J connectivity index is 1.50. The molecule has 2 heterocycles. The zero-order chi connectivity index (χ0) is 16.1. The molecule has 0 saturated heterocycles. The molecule has 0 radical (unpaired) electrons. The van der Waals surface area contributed by atoms with Gasteiger partial charge in [0.1, 0.15) is 0 Å². The second kappa shape index (κ2) is 7.52. The summed E-state index contributed by atoms with van der Waals surface area (Å²) in [5, 5.41) is 4.05. The molecule has 2 aromatic rings. The number of hydrogen-bond acceptors (Lipinski definition) is 5. The number of aliphatic imine (C=N–C) groups is 1. The minimum atomic E-state index is -0.821. The number of thioether (sulfide) groups is 1. The predicted octanol–water partition coefficient (Wildman–Crippen LogP) is 2.97. The lowest BCUT2D eigenvalue weighted by Crippen LogP contribution is -2.41. The molecule has 7 heteroatoms. The van der Waals surface area contributed by atoms with E-state index in [4.69, 9.17) is 0 Å². The summed E-state index contributed by atoms with van der Waals surface area (Å²) in [4.78, 5) is 10.7. The van der Waals surface area contributed by atoms with E-state index in [-0.39, 0.29) is 0 Å². The summed E-state index contributed by atoms with van der Waals surface area (Å²) in [7, 11) is 0. The van der Waals surface area contributed by atoms with Crippen molar-refractivity contribution in [2.75, 3.05) is 13.3 Å². The van der Waals surface area contributed by atoms with E-state index >= 15 is 0 Å². The molecule has 0 amide bonds. The van der Waals surface area contributed by atoms with Gasteiger partial charge in [-0.3, -0.25) is 9.88 Å². The van der Waals surface area contributed by atoms with E-state index in [9.17, 15) is 8.78 Å². The molecule has 120 valence electrons. The van der Waals surface area contributed by atoms with Crippen LogP contribution < -0.4 is 5.32 Å². The van der Waals surface area contributed by atoms with Crippen LogP contribution in [0.5, 0.6) is 0 Å². The maximum atomic E-state index is 13.2. The number of benzene rings is 1. The van der Waals surface area contributed by atoms with Crippen molar-refractivity contribution >= 4 is 16.9 Å². The average Bonchev–Trinajstić information content (AvgIpc) is 2.58. The van der Waals surface area contributed by atoms with Gasteiger partial charge in [-0.25, -0.2) is 13.8 Å². The predicted molar refractivity (Wildman–Crippen MR) is 87.7 cm³/mol. The van der Waals surface area contributed by atoms with Gasteiger partial charge in [0.25, 0.3) is 0 Å². The SMILES string of the molecule is Fc1ccc(CSC2=NCN(Cc3cccnc3)CN2)cc1F. The van der Waals surface area contributed by atoms with Gasteiger partial charge in [0.05, 0.1) is 13.3 Å².